The monoisotopic (exact) mass is 351 g/mol. The molecule has 0 radical (unpaired) electrons. The highest BCUT2D eigenvalue weighted by atomic mass is 16.5. The largest absolute Gasteiger partial charge is 0.457 e. The van der Waals surface area contributed by atoms with E-state index in [9.17, 15) is 14.4 Å². The van der Waals surface area contributed by atoms with Gasteiger partial charge in [-0.25, -0.2) is 9.69 Å². The number of hydrogen-bond acceptors (Lipinski definition) is 5. The third kappa shape index (κ3) is 2.08. The van der Waals surface area contributed by atoms with Crippen LogP contribution in [0.4, 0.5) is 5.69 Å². The van der Waals surface area contributed by atoms with E-state index >= 15 is 0 Å². The summed E-state index contributed by atoms with van der Waals surface area (Å²) in [6, 6.07) is 9.74. The van der Waals surface area contributed by atoms with Gasteiger partial charge in [0.2, 0.25) is 17.6 Å². The second-order valence-electron chi connectivity index (χ2n) is 7.23. The maximum absolute atomic E-state index is 13.0. The van der Waals surface area contributed by atoms with E-state index in [1.165, 1.54) is 17.2 Å². The van der Waals surface area contributed by atoms with Crippen molar-refractivity contribution in [3.63, 3.8) is 0 Å². The van der Waals surface area contributed by atoms with Gasteiger partial charge in [0.15, 0.2) is 5.75 Å². The lowest BCUT2D eigenvalue weighted by atomic mass is 9.81. The van der Waals surface area contributed by atoms with E-state index in [2.05, 4.69) is 0 Å². The van der Waals surface area contributed by atoms with Crippen molar-refractivity contribution >= 4 is 23.5 Å². The van der Waals surface area contributed by atoms with E-state index in [-0.39, 0.29) is 35.2 Å². The zero-order valence-electron chi connectivity index (χ0n) is 14.0. The number of para-hydroxylation sites is 2. The number of nitrogens with zero attached hydrogens (tertiary/aromatic N) is 1. The molecule has 0 N–H and O–H groups in total. The fourth-order valence-electron chi connectivity index (χ4n) is 4.92. The highest BCUT2D eigenvalue weighted by molar-refractivity contribution is 6.23. The van der Waals surface area contributed by atoms with Gasteiger partial charge in [-0.2, -0.15) is 0 Å². The lowest BCUT2D eigenvalue weighted by molar-refractivity contribution is -0.123. The van der Waals surface area contributed by atoms with Crippen LogP contribution in [0.3, 0.4) is 0 Å². The van der Waals surface area contributed by atoms with E-state index in [1.807, 2.05) is 0 Å². The van der Waals surface area contributed by atoms with Crippen LogP contribution in [0.5, 0.6) is 5.75 Å². The summed E-state index contributed by atoms with van der Waals surface area (Å²) < 4.78 is 10.5. The summed E-state index contributed by atoms with van der Waals surface area (Å²) in [5.41, 5.74) is 0.330. The van der Waals surface area contributed by atoms with Crippen LogP contribution in [0, 0.1) is 23.7 Å². The van der Waals surface area contributed by atoms with Gasteiger partial charge < -0.3 is 9.15 Å². The lowest BCUT2D eigenvalue weighted by Gasteiger charge is -2.19. The molecule has 2 amide bonds. The van der Waals surface area contributed by atoms with Gasteiger partial charge in [-0.3, -0.25) is 9.59 Å². The molecule has 6 nitrogen and oxygen atoms in total. The molecular formula is C20H17NO5. The van der Waals surface area contributed by atoms with Crippen molar-refractivity contribution < 1.29 is 23.5 Å². The molecule has 3 aliphatic rings. The summed E-state index contributed by atoms with van der Waals surface area (Å²) in [4.78, 5) is 39.4. The smallest absolute Gasteiger partial charge is 0.379 e. The molecule has 2 bridgehead atoms. The minimum atomic E-state index is -0.665. The van der Waals surface area contributed by atoms with Gasteiger partial charge in [0, 0.05) is 0 Å². The summed E-state index contributed by atoms with van der Waals surface area (Å²) in [6.45, 7) is 0. The van der Waals surface area contributed by atoms with Crippen LogP contribution in [0.2, 0.25) is 0 Å². The second kappa shape index (κ2) is 5.56. The molecular weight excluding hydrogens is 334 g/mol. The van der Waals surface area contributed by atoms with Crippen molar-refractivity contribution in [2.75, 3.05) is 4.90 Å². The van der Waals surface area contributed by atoms with Crippen molar-refractivity contribution in [2.24, 2.45) is 23.7 Å². The zero-order valence-corrected chi connectivity index (χ0v) is 14.0. The van der Waals surface area contributed by atoms with Crippen LogP contribution in [-0.4, -0.2) is 17.8 Å². The summed E-state index contributed by atoms with van der Waals surface area (Å²) in [5.74, 6) is -0.542. The van der Waals surface area contributed by atoms with Crippen molar-refractivity contribution in [3.8, 4) is 5.75 Å². The van der Waals surface area contributed by atoms with Gasteiger partial charge in [-0.05, 0) is 55.4 Å². The number of fused-ring (bicyclic) bond motifs is 5. The van der Waals surface area contributed by atoms with Crippen LogP contribution in [0.25, 0.3) is 0 Å². The van der Waals surface area contributed by atoms with Crippen LogP contribution >= 0.6 is 0 Å². The fraction of sp³-hybridized carbons (Fsp3) is 0.350. The van der Waals surface area contributed by atoms with Crippen LogP contribution in [0.1, 0.15) is 29.8 Å². The van der Waals surface area contributed by atoms with Crippen molar-refractivity contribution in [3.05, 3.63) is 48.4 Å². The average molecular weight is 351 g/mol. The number of anilines is 1. The van der Waals surface area contributed by atoms with Gasteiger partial charge in [0.05, 0.1) is 23.8 Å². The van der Waals surface area contributed by atoms with E-state index in [4.69, 9.17) is 9.15 Å². The van der Waals surface area contributed by atoms with E-state index in [0.717, 1.165) is 19.3 Å². The normalized spacial score (nSPS) is 29.3. The lowest BCUT2D eigenvalue weighted by Crippen LogP contribution is -2.33. The molecule has 1 aliphatic heterocycles. The number of amides is 2. The minimum Gasteiger partial charge on any atom is -0.457 e. The number of carbonyl (C=O) groups is 3. The van der Waals surface area contributed by atoms with E-state index in [1.54, 1.807) is 30.3 Å². The number of benzene rings is 1. The molecule has 2 aliphatic carbocycles. The van der Waals surface area contributed by atoms with Gasteiger partial charge in [0.25, 0.3) is 0 Å². The first-order valence-electron chi connectivity index (χ1n) is 8.87. The number of rotatable bonds is 3. The standard InChI is InChI=1S/C20H17NO5/c22-18-16-11-7-8-12(10-11)17(16)19(23)21(18)13-4-1-2-5-14(13)26-20(24)15-6-3-9-25-15/h1-6,9,11-12,16-17H,7-8,10H2/t11-,12-,16-,17-/m0/s1. The van der Waals surface area contributed by atoms with Crippen molar-refractivity contribution in [1.29, 1.82) is 0 Å². The Hall–Kier alpha value is -2.89. The highest BCUT2D eigenvalue weighted by Gasteiger charge is 2.61. The molecule has 2 saturated carbocycles. The minimum absolute atomic E-state index is 0.0637. The van der Waals surface area contributed by atoms with Crippen molar-refractivity contribution in [1.82, 2.24) is 0 Å². The molecule has 0 unspecified atom stereocenters. The van der Waals surface area contributed by atoms with Crippen LogP contribution in [-0.2, 0) is 9.59 Å². The quantitative estimate of drug-likeness (QED) is 0.483. The Kier molecular flexibility index (Phi) is 3.29. The van der Waals surface area contributed by atoms with Crippen LogP contribution in [0.15, 0.2) is 47.1 Å². The summed E-state index contributed by atoms with van der Waals surface area (Å²) in [7, 11) is 0. The fourth-order valence-corrected chi connectivity index (χ4v) is 4.92. The second-order valence-corrected chi connectivity index (χ2v) is 7.23. The Morgan fingerprint density at radius 1 is 1.00 bits per heavy atom. The van der Waals surface area contributed by atoms with E-state index < -0.39 is 5.97 Å². The molecule has 2 heterocycles. The summed E-state index contributed by atoms with van der Waals surface area (Å²) >= 11 is 0. The van der Waals surface area contributed by atoms with Gasteiger partial charge in [-0.15, -0.1) is 0 Å². The molecule has 2 aromatic rings. The molecule has 132 valence electrons. The highest BCUT2D eigenvalue weighted by Crippen LogP contribution is 2.57. The molecule has 6 heteroatoms. The number of hydrogen-bond donors (Lipinski definition) is 0. The molecule has 4 atom stereocenters. The first-order chi connectivity index (χ1) is 12.6. The molecule has 3 fully saturated rings. The summed E-state index contributed by atoms with van der Waals surface area (Å²) in [5, 5.41) is 0. The Labute approximate surface area is 149 Å². The SMILES string of the molecule is O=C(Oc1ccccc1N1C(=O)[C@H]2[C@H]3CC[C@@H](C3)[C@@H]2C1=O)c1ccco1. The third-order valence-electron chi connectivity index (χ3n) is 5.96. The summed E-state index contributed by atoms with van der Waals surface area (Å²) in [6.07, 6.45) is 4.41. The number of imide groups is 1. The Morgan fingerprint density at radius 2 is 1.69 bits per heavy atom. The maximum atomic E-state index is 13.0. The number of furan rings is 1. The third-order valence-corrected chi connectivity index (χ3v) is 5.96. The maximum Gasteiger partial charge on any atom is 0.379 e. The van der Waals surface area contributed by atoms with Crippen LogP contribution < -0.4 is 9.64 Å². The molecule has 0 spiro atoms. The first kappa shape index (κ1) is 15.4. The molecule has 1 aromatic heterocycles. The average Bonchev–Trinajstić information content (AvgIpc) is 3.41. The number of carbonyl (C=O) groups excluding carboxylic acids is 3. The van der Waals surface area contributed by atoms with Crippen molar-refractivity contribution in [2.45, 2.75) is 19.3 Å². The van der Waals surface area contributed by atoms with E-state index in [0.29, 0.717) is 17.5 Å². The predicted octanol–water partition coefficient (Wildman–Crippen LogP) is 3.03. The van der Waals surface area contributed by atoms with Gasteiger partial charge in [-0.1, -0.05) is 12.1 Å². The number of esters is 1. The molecule has 1 saturated heterocycles. The van der Waals surface area contributed by atoms with Gasteiger partial charge in [0.1, 0.15) is 0 Å². The Morgan fingerprint density at radius 3 is 2.35 bits per heavy atom. The number of ether oxygens (including phenoxy) is 1. The molecule has 26 heavy (non-hydrogen) atoms. The Balaban J connectivity index is 1.48. The topological polar surface area (TPSA) is 76.8 Å². The molecule has 5 rings (SSSR count). The first-order valence-corrected chi connectivity index (χ1v) is 8.87. The zero-order chi connectivity index (χ0) is 17.8. The predicted molar refractivity (Wildman–Crippen MR) is 90.4 cm³/mol. The van der Waals surface area contributed by atoms with Gasteiger partial charge >= 0.3 is 5.97 Å². The molecule has 1 aromatic carbocycles. The Bertz CT molecular complexity index is 875.